The van der Waals surface area contributed by atoms with Crippen LogP contribution in [0, 0.1) is 0 Å². The lowest BCUT2D eigenvalue weighted by Gasteiger charge is -2.11. The van der Waals surface area contributed by atoms with Crippen molar-refractivity contribution < 1.29 is 23.2 Å². The topological polar surface area (TPSA) is 58.3 Å². The number of hydrogen-bond acceptors (Lipinski definition) is 3. The average Bonchev–Trinajstić information content (AvgIpc) is 2.72. The van der Waals surface area contributed by atoms with Gasteiger partial charge in [-0.25, -0.2) is 4.98 Å². The zero-order valence-corrected chi connectivity index (χ0v) is 11.7. The smallest absolute Gasteiger partial charge is 0.427 e. The maximum atomic E-state index is 13.0. The molecule has 2 aromatic rings. The summed E-state index contributed by atoms with van der Waals surface area (Å²) in [6.07, 6.45) is -3.64. The van der Waals surface area contributed by atoms with E-state index in [9.17, 15) is 13.2 Å². The van der Waals surface area contributed by atoms with Gasteiger partial charge in [0, 0.05) is 11.6 Å². The molecule has 1 aromatic heterocycles. The number of aryl methyl sites for hydroxylation is 1. The van der Waals surface area contributed by atoms with Gasteiger partial charge in [-0.05, 0) is 30.9 Å². The van der Waals surface area contributed by atoms with Gasteiger partial charge in [0.1, 0.15) is 0 Å². The number of alkyl halides is 3. The minimum absolute atomic E-state index is 0.0969. The van der Waals surface area contributed by atoms with Gasteiger partial charge in [-0.2, -0.15) is 13.2 Å². The first kappa shape index (κ1) is 16.1. The second kappa shape index (κ2) is 6.25. The van der Waals surface area contributed by atoms with Crippen LogP contribution in [0.5, 0.6) is 0 Å². The van der Waals surface area contributed by atoms with E-state index < -0.39 is 19.1 Å². The molecule has 0 aliphatic carbocycles. The average molecular weight is 321 g/mol. The molecule has 0 spiro atoms. The summed E-state index contributed by atoms with van der Waals surface area (Å²) in [5, 5.41) is 17.8. The molecule has 0 aliphatic rings. The van der Waals surface area contributed by atoms with Crippen molar-refractivity contribution in [1.82, 2.24) is 9.55 Å². The Labute approximate surface area is 124 Å². The Morgan fingerprint density at radius 3 is 2.57 bits per heavy atom. The summed E-state index contributed by atoms with van der Waals surface area (Å²) in [7, 11) is -1.44. The van der Waals surface area contributed by atoms with E-state index in [0.29, 0.717) is 23.4 Å². The van der Waals surface area contributed by atoms with Gasteiger partial charge in [-0.1, -0.05) is 18.0 Å². The van der Waals surface area contributed by atoms with Crippen molar-refractivity contribution >= 4 is 29.8 Å². The van der Waals surface area contributed by atoms with Gasteiger partial charge < -0.3 is 14.6 Å². The molecule has 114 valence electrons. The van der Waals surface area contributed by atoms with Crippen molar-refractivity contribution in [3.8, 4) is 0 Å². The fourth-order valence-corrected chi connectivity index (χ4v) is 2.31. The summed E-state index contributed by atoms with van der Waals surface area (Å²) in [6.45, 7) is 0.0969. The maximum Gasteiger partial charge on any atom is 0.451 e. The van der Waals surface area contributed by atoms with Crippen LogP contribution in [0.25, 0.3) is 11.0 Å². The van der Waals surface area contributed by atoms with E-state index >= 15 is 0 Å². The Kier molecular flexibility index (Phi) is 4.80. The summed E-state index contributed by atoms with van der Waals surface area (Å²) in [6, 6.07) is 4.40. The fourth-order valence-electron chi connectivity index (χ4n) is 2.14. The third-order valence-corrected chi connectivity index (χ3v) is 3.29. The summed E-state index contributed by atoms with van der Waals surface area (Å²) < 4.78 is 40.2. The van der Waals surface area contributed by atoms with Crippen LogP contribution < -0.4 is 0 Å². The lowest BCUT2D eigenvalue weighted by Crippen LogP contribution is -2.16. The summed E-state index contributed by atoms with van der Waals surface area (Å²) >= 11 is 5.77. The molecule has 0 saturated heterocycles. The van der Waals surface area contributed by atoms with Gasteiger partial charge in [0.25, 0.3) is 0 Å². The van der Waals surface area contributed by atoms with Crippen molar-refractivity contribution in [2.75, 3.05) is 0 Å². The maximum absolute atomic E-state index is 13.0. The minimum atomic E-state index is -4.55. The number of unbranched alkanes of at least 4 members (excludes halogenated alkanes) is 1. The van der Waals surface area contributed by atoms with Crippen molar-refractivity contribution in [3.05, 3.63) is 29.0 Å². The molecular formula is C12H13BClF3N2O2. The highest BCUT2D eigenvalue weighted by molar-refractivity contribution is 6.40. The highest BCUT2D eigenvalue weighted by Gasteiger charge is 2.37. The number of nitrogens with zero attached hydrogens (tertiary/aromatic N) is 2. The van der Waals surface area contributed by atoms with Crippen LogP contribution in [0.2, 0.25) is 11.3 Å². The Morgan fingerprint density at radius 1 is 1.24 bits per heavy atom. The van der Waals surface area contributed by atoms with E-state index in [2.05, 4.69) is 4.98 Å². The van der Waals surface area contributed by atoms with E-state index in [0.717, 1.165) is 4.57 Å². The van der Waals surface area contributed by atoms with Crippen LogP contribution in [0.4, 0.5) is 13.2 Å². The van der Waals surface area contributed by atoms with Gasteiger partial charge in [0.05, 0.1) is 11.0 Å². The second-order valence-electron chi connectivity index (χ2n) is 4.69. The third kappa shape index (κ3) is 3.90. The van der Waals surface area contributed by atoms with Gasteiger partial charge in [0.2, 0.25) is 5.82 Å². The van der Waals surface area contributed by atoms with Crippen molar-refractivity contribution in [1.29, 1.82) is 0 Å². The van der Waals surface area contributed by atoms with Crippen LogP contribution in [-0.2, 0) is 12.7 Å². The summed E-state index contributed by atoms with van der Waals surface area (Å²) in [5.74, 6) is -0.968. The number of aromatic nitrogens is 2. The molecule has 0 fully saturated rings. The van der Waals surface area contributed by atoms with E-state index in [4.69, 9.17) is 21.6 Å². The number of rotatable bonds is 5. The summed E-state index contributed by atoms with van der Waals surface area (Å²) in [4.78, 5) is 3.61. The van der Waals surface area contributed by atoms with Gasteiger partial charge in [-0.15, -0.1) is 0 Å². The predicted molar refractivity (Wildman–Crippen MR) is 74.0 cm³/mol. The lowest BCUT2D eigenvalue weighted by atomic mass is 9.84. The zero-order chi connectivity index (χ0) is 15.6. The Hall–Kier alpha value is -1.25. The summed E-state index contributed by atoms with van der Waals surface area (Å²) in [5.41, 5.74) is 0.549. The minimum Gasteiger partial charge on any atom is -0.427 e. The number of imidazole rings is 1. The lowest BCUT2D eigenvalue weighted by molar-refractivity contribution is -0.147. The molecule has 0 amide bonds. The zero-order valence-electron chi connectivity index (χ0n) is 10.9. The molecule has 4 nitrogen and oxygen atoms in total. The van der Waals surface area contributed by atoms with Crippen LogP contribution >= 0.6 is 11.6 Å². The van der Waals surface area contributed by atoms with Crippen LogP contribution in [0.3, 0.4) is 0 Å². The molecule has 21 heavy (non-hydrogen) atoms. The van der Waals surface area contributed by atoms with Gasteiger partial charge in [0.15, 0.2) is 0 Å². The normalized spacial score (nSPS) is 12.1. The molecule has 0 atom stereocenters. The predicted octanol–water partition coefficient (Wildman–Crippen LogP) is 2.96. The quantitative estimate of drug-likeness (QED) is 0.658. The molecule has 1 aromatic carbocycles. The van der Waals surface area contributed by atoms with E-state index in [1.807, 2.05) is 0 Å². The molecule has 2 rings (SSSR count). The first-order valence-electron chi connectivity index (χ1n) is 6.38. The number of fused-ring (bicyclic) bond motifs is 1. The Bertz CT molecular complexity index is 631. The molecule has 9 heteroatoms. The second-order valence-corrected chi connectivity index (χ2v) is 5.13. The van der Waals surface area contributed by atoms with Gasteiger partial charge >= 0.3 is 13.3 Å². The third-order valence-electron chi connectivity index (χ3n) is 3.06. The van der Waals surface area contributed by atoms with Crippen molar-refractivity contribution in [2.45, 2.75) is 31.9 Å². The van der Waals surface area contributed by atoms with Crippen LogP contribution in [0.1, 0.15) is 18.7 Å². The molecule has 0 unspecified atom stereocenters. The highest BCUT2D eigenvalue weighted by Crippen LogP contribution is 2.32. The first-order valence-corrected chi connectivity index (χ1v) is 6.76. The number of benzene rings is 1. The fraction of sp³-hybridized carbons (Fsp3) is 0.417. The Balaban J connectivity index is 2.30. The molecule has 1 heterocycles. The van der Waals surface area contributed by atoms with E-state index in [1.165, 1.54) is 18.2 Å². The molecule has 0 bridgehead atoms. The molecular weight excluding hydrogens is 307 g/mol. The standard InChI is InChI=1S/C12H13BClF3N2O2/c14-8-3-4-10-9(7-8)18-11(12(15,16)17)19(10)6-2-1-5-13(20)21/h3-4,7,20-21H,1-2,5-6H2. The van der Waals surface area contributed by atoms with Crippen LogP contribution in [-0.4, -0.2) is 26.7 Å². The Morgan fingerprint density at radius 2 is 1.95 bits per heavy atom. The van der Waals surface area contributed by atoms with E-state index in [-0.39, 0.29) is 18.4 Å². The highest BCUT2D eigenvalue weighted by atomic mass is 35.5. The molecule has 0 radical (unpaired) electrons. The molecule has 2 N–H and O–H groups in total. The van der Waals surface area contributed by atoms with E-state index in [1.54, 1.807) is 0 Å². The SMILES string of the molecule is OB(O)CCCCn1c(C(F)(F)F)nc2cc(Cl)ccc21. The van der Waals surface area contributed by atoms with Crippen molar-refractivity contribution in [3.63, 3.8) is 0 Å². The number of halogens is 4. The van der Waals surface area contributed by atoms with Gasteiger partial charge in [-0.3, -0.25) is 0 Å². The monoisotopic (exact) mass is 320 g/mol. The molecule has 0 aliphatic heterocycles. The first-order chi connectivity index (χ1) is 9.79. The van der Waals surface area contributed by atoms with Crippen molar-refractivity contribution in [2.24, 2.45) is 0 Å². The number of hydrogen-bond donors (Lipinski definition) is 2. The van der Waals surface area contributed by atoms with Crippen LogP contribution in [0.15, 0.2) is 18.2 Å². The largest absolute Gasteiger partial charge is 0.451 e. The molecule has 0 saturated carbocycles.